The third-order valence-electron chi connectivity index (χ3n) is 3.80. The molecule has 23 heavy (non-hydrogen) atoms. The standard InChI is InChI=1S/C20H16N2S/c1-3-9-15(10-4-1)19(16-11-5-2-6-12-16)23-20-21-17-13-7-8-14-18(17)22-20/h1-14,19H,(H,21,22). The smallest absolute Gasteiger partial charge is 0.167 e. The van der Waals surface area contributed by atoms with Gasteiger partial charge in [-0.3, -0.25) is 0 Å². The van der Waals surface area contributed by atoms with Crippen molar-refractivity contribution >= 4 is 22.8 Å². The molecule has 3 aromatic carbocycles. The number of thioether (sulfide) groups is 1. The lowest BCUT2D eigenvalue weighted by molar-refractivity contribution is 1.05. The van der Waals surface area contributed by atoms with Crippen LogP contribution in [0.25, 0.3) is 11.0 Å². The van der Waals surface area contributed by atoms with E-state index in [1.165, 1.54) is 11.1 Å². The summed E-state index contributed by atoms with van der Waals surface area (Å²) >= 11 is 1.75. The van der Waals surface area contributed by atoms with Gasteiger partial charge in [0.05, 0.1) is 16.3 Å². The van der Waals surface area contributed by atoms with Crippen LogP contribution in [0, 0.1) is 0 Å². The summed E-state index contributed by atoms with van der Waals surface area (Å²) in [5, 5.41) is 1.17. The molecule has 0 amide bonds. The van der Waals surface area contributed by atoms with Crippen molar-refractivity contribution in [3.8, 4) is 0 Å². The van der Waals surface area contributed by atoms with Crippen LogP contribution in [0.5, 0.6) is 0 Å². The van der Waals surface area contributed by atoms with Crippen LogP contribution in [0.1, 0.15) is 16.4 Å². The van der Waals surface area contributed by atoms with E-state index in [4.69, 9.17) is 4.98 Å². The van der Waals surface area contributed by atoms with Gasteiger partial charge in [0.1, 0.15) is 0 Å². The molecule has 0 aliphatic heterocycles. The molecular formula is C20H16N2S. The van der Waals surface area contributed by atoms with Gasteiger partial charge in [-0.1, -0.05) is 84.6 Å². The van der Waals surface area contributed by atoms with Gasteiger partial charge in [-0.05, 0) is 23.3 Å². The Morgan fingerprint density at radius 3 is 1.87 bits per heavy atom. The minimum Gasteiger partial charge on any atom is -0.333 e. The Bertz CT molecular complexity index is 828. The van der Waals surface area contributed by atoms with E-state index in [-0.39, 0.29) is 5.25 Å². The molecule has 0 aliphatic carbocycles. The first kappa shape index (κ1) is 14.1. The zero-order valence-electron chi connectivity index (χ0n) is 12.5. The topological polar surface area (TPSA) is 28.7 Å². The summed E-state index contributed by atoms with van der Waals surface area (Å²) < 4.78 is 0. The average molecular weight is 316 g/mol. The van der Waals surface area contributed by atoms with E-state index in [1.807, 2.05) is 18.2 Å². The Balaban J connectivity index is 1.73. The summed E-state index contributed by atoms with van der Waals surface area (Å²) in [6.45, 7) is 0. The van der Waals surface area contributed by atoms with Gasteiger partial charge in [0.2, 0.25) is 0 Å². The Morgan fingerprint density at radius 2 is 1.26 bits per heavy atom. The van der Waals surface area contributed by atoms with Crippen LogP contribution in [0.4, 0.5) is 0 Å². The number of nitrogens with one attached hydrogen (secondary N) is 1. The minimum atomic E-state index is 0.220. The van der Waals surface area contributed by atoms with Crippen LogP contribution in [-0.4, -0.2) is 9.97 Å². The maximum absolute atomic E-state index is 4.71. The second-order valence-electron chi connectivity index (χ2n) is 5.38. The molecule has 0 bridgehead atoms. The summed E-state index contributed by atoms with van der Waals surface area (Å²) in [4.78, 5) is 8.13. The van der Waals surface area contributed by atoms with E-state index in [0.717, 1.165) is 16.2 Å². The predicted octanol–water partition coefficient (Wildman–Crippen LogP) is 5.44. The highest BCUT2D eigenvalue weighted by Gasteiger charge is 2.17. The summed E-state index contributed by atoms with van der Waals surface area (Å²) in [7, 11) is 0. The molecule has 4 aromatic rings. The highest BCUT2D eigenvalue weighted by molar-refractivity contribution is 7.99. The Kier molecular flexibility index (Phi) is 3.86. The van der Waals surface area contributed by atoms with Gasteiger partial charge in [-0.25, -0.2) is 4.98 Å². The van der Waals surface area contributed by atoms with Crippen LogP contribution < -0.4 is 0 Å². The second kappa shape index (κ2) is 6.31. The van der Waals surface area contributed by atoms with Gasteiger partial charge in [0.25, 0.3) is 0 Å². The van der Waals surface area contributed by atoms with Crippen molar-refractivity contribution in [1.82, 2.24) is 9.97 Å². The van der Waals surface area contributed by atoms with Crippen LogP contribution in [0.15, 0.2) is 90.1 Å². The zero-order chi connectivity index (χ0) is 15.5. The monoisotopic (exact) mass is 316 g/mol. The molecule has 4 rings (SSSR count). The van der Waals surface area contributed by atoms with Gasteiger partial charge >= 0.3 is 0 Å². The summed E-state index contributed by atoms with van der Waals surface area (Å²) in [6.07, 6.45) is 0. The number of benzene rings is 3. The number of hydrogen-bond donors (Lipinski definition) is 1. The number of hydrogen-bond acceptors (Lipinski definition) is 2. The van der Waals surface area contributed by atoms with Gasteiger partial charge < -0.3 is 4.98 Å². The molecule has 0 saturated heterocycles. The minimum absolute atomic E-state index is 0.220. The third-order valence-corrected chi connectivity index (χ3v) is 5.00. The Morgan fingerprint density at radius 1 is 0.696 bits per heavy atom. The second-order valence-corrected chi connectivity index (χ2v) is 6.47. The first-order valence-corrected chi connectivity index (χ1v) is 8.49. The van der Waals surface area contributed by atoms with Crippen molar-refractivity contribution in [3.05, 3.63) is 96.1 Å². The molecule has 0 aliphatic rings. The summed E-state index contributed by atoms with van der Waals surface area (Å²) in [5.41, 5.74) is 4.65. The lowest BCUT2D eigenvalue weighted by atomic mass is 10.0. The van der Waals surface area contributed by atoms with Crippen LogP contribution in [0.2, 0.25) is 0 Å². The number of aromatic nitrogens is 2. The lowest BCUT2D eigenvalue weighted by Crippen LogP contribution is -1.97. The number of fused-ring (bicyclic) bond motifs is 1. The molecule has 1 N–H and O–H groups in total. The van der Waals surface area contributed by atoms with E-state index in [2.05, 4.69) is 71.7 Å². The lowest BCUT2D eigenvalue weighted by Gasteiger charge is -2.16. The van der Waals surface area contributed by atoms with Crippen LogP contribution >= 0.6 is 11.8 Å². The van der Waals surface area contributed by atoms with Gasteiger partial charge in [0, 0.05) is 0 Å². The van der Waals surface area contributed by atoms with Crippen molar-refractivity contribution in [3.63, 3.8) is 0 Å². The van der Waals surface area contributed by atoms with Gasteiger partial charge in [-0.2, -0.15) is 0 Å². The van der Waals surface area contributed by atoms with E-state index in [9.17, 15) is 0 Å². The highest BCUT2D eigenvalue weighted by atomic mass is 32.2. The number of nitrogens with zero attached hydrogens (tertiary/aromatic N) is 1. The molecule has 0 fully saturated rings. The molecule has 0 saturated carbocycles. The van der Waals surface area contributed by atoms with Gasteiger partial charge in [0.15, 0.2) is 5.16 Å². The highest BCUT2D eigenvalue weighted by Crippen LogP contribution is 2.39. The molecule has 1 heterocycles. The third kappa shape index (κ3) is 3.01. The van der Waals surface area contributed by atoms with Crippen molar-refractivity contribution in [2.45, 2.75) is 10.4 Å². The fourth-order valence-electron chi connectivity index (χ4n) is 2.68. The Hall–Kier alpha value is -2.52. The molecule has 1 aromatic heterocycles. The van der Waals surface area contributed by atoms with E-state index in [1.54, 1.807) is 11.8 Å². The normalized spacial score (nSPS) is 11.2. The SMILES string of the molecule is c1ccc(C(Sc2nc3ccccc3[nH]2)c2ccccc2)cc1. The maximum Gasteiger partial charge on any atom is 0.167 e. The molecule has 0 radical (unpaired) electrons. The molecule has 3 heteroatoms. The largest absolute Gasteiger partial charge is 0.333 e. The molecule has 2 nitrogen and oxygen atoms in total. The van der Waals surface area contributed by atoms with Crippen molar-refractivity contribution in [2.24, 2.45) is 0 Å². The number of imidazole rings is 1. The maximum atomic E-state index is 4.71. The van der Waals surface area contributed by atoms with Crippen molar-refractivity contribution < 1.29 is 0 Å². The molecular weight excluding hydrogens is 300 g/mol. The van der Waals surface area contributed by atoms with Crippen LogP contribution in [-0.2, 0) is 0 Å². The number of aromatic amines is 1. The molecule has 0 spiro atoms. The van der Waals surface area contributed by atoms with E-state index < -0.39 is 0 Å². The molecule has 0 unspecified atom stereocenters. The Labute approximate surface area is 139 Å². The predicted molar refractivity (Wildman–Crippen MR) is 96.7 cm³/mol. The number of H-pyrrole nitrogens is 1. The molecule has 0 atom stereocenters. The fraction of sp³-hybridized carbons (Fsp3) is 0.0500. The van der Waals surface area contributed by atoms with Crippen LogP contribution in [0.3, 0.4) is 0 Å². The summed E-state index contributed by atoms with van der Waals surface area (Å²) in [6, 6.07) is 29.3. The molecule has 112 valence electrons. The van der Waals surface area contributed by atoms with Crippen molar-refractivity contribution in [1.29, 1.82) is 0 Å². The van der Waals surface area contributed by atoms with E-state index >= 15 is 0 Å². The fourth-order valence-corrected chi connectivity index (χ4v) is 3.81. The first-order valence-electron chi connectivity index (χ1n) is 7.61. The van der Waals surface area contributed by atoms with Crippen molar-refractivity contribution in [2.75, 3.05) is 0 Å². The quantitative estimate of drug-likeness (QED) is 0.507. The summed E-state index contributed by atoms with van der Waals surface area (Å²) in [5.74, 6) is 0. The first-order chi connectivity index (χ1) is 11.4. The van der Waals surface area contributed by atoms with Gasteiger partial charge in [-0.15, -0.1) is 0 Å². The number of rotatable bonds is 4. The zero-order valence-corrected chi connectivity index (χ0v) is 13.3. The van der Waals surface area contributed by atoms with E-state index in [0.29, 0.717) is 0 Å². The number of para-hydroxylation sites is 2. The average Bonchev–Trinajstić information content (AvgIpc) is 3.04.